The highest BCUT2D eigenvalue weighted by Crippen LogP contribution is 2.13. The molecule has 0 aliphatic carbocycles. The Hall–Kier alpha value is -2.67. The fourth-order valence-electron chi connectivity index (χ4n) is 3.13. The normalized spacial score (nSPS) is 12.2. The second-order valence-electron chi connectivity index (χ2n) is 7.24. The lowest BCUT2D eigenvalue weighted by Gasteiger charge is -2.21. The van der Waals surface area contributed by atoms with Crippen molar-refractivity contribution in [1.29, 1.82) is 0 Å². The molecule has 29 heavy (non-hydrogen) atoms. The van der Waals surface area contributed by atoms with Crippen LogP contribution in [0, 0.1) is 0 Å². The topological polar surface area (TPSA) is 62.6 Å². The van der Waals surface area contributed by atoms with Crippen LogP contribution in [0.15, 0.2) is 73.1 Å². The average Bonchev–Trinajstić information content (AvgIpc) is 3.25. The first-order valence-electron chi connectivity index (χ1n) is 9.99. The summed E-state index contributed by atoms with van der Waals surface area (Å²) in [5.41, 5.74) is 2.43. The standard InChI is InChI=1S/C23H30N4O2/c1-26(17-21-6-3-2-4-7-21)18-22(28)19-29-23-10-8-20(9-11-23)16-24-13-15-27-14-5-12-25-27/h2-12,14,22,24,28H,13,15-19H2,1H3. The average molecular weight is 395 g/mol. The van der Waals surface area contributed by atoms with Gasteiger partial charge in [0.25, 0.3) is 0 Å². The molecule has 1 heterocycles. The minimum atomic E-state index is -0.535. The Labute approximate surface area is 172 Å². The zero-order valence-electron chi connectivity index (χ0n) is 16.9. The summed E-state index contributed by atoms with van der Waals surface area (Å²) in [6.07, 6.45) is 3.21. The van der Waals surface area contributed by atoms with Gasteiger partial charge in [-0.2, -0.15) is 5.10 Å². The molecule has 0 bridgehead atoms. The van der Waals surface area contributed by atoms with Crippen molar-refractivity contribution in [3.05, 3.63) is 84.2 Å². The van der Waals surface area contributed by atoms with Gasteiger partial charge in [0, 0.05) is 38.6 Å². The van der Waals surface area contributed by atoms with E-state index in [1.54, 1.807) is 6.20 Å². The lowest BCUT2D eigenvalue weighted by molar-refractivity contribution is 0.0744. The summed E-state index contributed by atoms with van der Waals surface area (Å²) in [5.74, 6) is 0.773. The molecule has 2 N–H and O–H groups in total. The summed E-state index contributed by atoms with van der Waals surface area (Å²) in [6, 6.07) is 20.2. The first-order valence-corrected chi connectivity index (χ1v) is 9.99. The zero-order chi connectivity index (χ0) is 20.3. The molecule has 0 saturated carbocycles. The zero-order valence-corrected chi connectivity index (χ0v) is 16.9. The highest BCUT2D eigenvalue weighted by molar-refractivity contribution is 5.27. The van der Waals surface area contributed by atoms with Crippen molar-refractivity contribution in [3.63, 3.8) is 0 Å². The number of hydrogen-bond acceptors (Lipinski definition) is 5. The van der Waals surface area contributed by atoms with E-state index in [0.29, 0.717) is 6.54 Å². The third kappa shape index (κ3) is 7.69. The Morgan fingerprint density at radius 1 is 1.07 bits per heavy atom. The van der Waals surface area contributed by atoms with E-state index in [1.165, 1.54) is 11.1 Å². The van der Waals surface area contributed by atoms with Gasteiger partial charge in [0.15, 0.2) is 0 Å². The maximum atomic E-state index is 10.3. The van der Waals surface area contributed by atoms with Crippen LogP contribution in [-0.2, 0) is 19.6 Å². The van der Waals surface area contributed by atoms with Crippen LogP contribution in [0.2, 0.25) is 0 Å². The van der Waals surface area contributed by atoms with Gasteiger partial charge in [-0.05, 0) is 36.4 Å². The molecule has 2 aromatic carbocycles. The Balaban J connectivity index is 1.32. The number of nitrogens with one attached hydrogen (secondary N) is 1. The van der Waals surface area contributed by atoms with Crippen molar-refractivity contribution >= 4 is 0 Å². The van der Waals surface area contributed by atoms with E-state index in [9.17, 15) is 5.11 Å². The molecule has 6 nitrogen and oxygen atoms in total. The van der Waals surface area contributed by atoms with E-state index in [2.05, 4.69) is 27.4 Å². The molecule has 0 aliphatic heterocycles. The molecule has 0 spiro atoms. The van der Waals surface area contributed by atoms with E-state index >= 15 is 0 Å². The van der Waals surface area contributed by atoms with Gasteiger partial charge in [-0.3, -0.25) is 9.58 Å². The van der Waals surface area contributed by atoms with Gasteiger partial charge in [-0.15, -0.1) is 0 Å². The molecule has 154 valence electrons. The molecule has 0 aliphatic rings. The van der Waals surface area contributed by atoms with E-state index in [4.69, 9.17) is 4.74 Å². The van der Waals surface area contributed by atoms with Crippen molar-refractivity contribution < 1.29 is 9.84 Å². The highest BCUT2D eigenvalue weighted by Gasteiger charge is 2.10. The number of aliphatic hydroxyl groups excluding tert-OH is 1. The molecule has 0 amide bonds. The van der Waals surface area contributed by atoms with Gasteiger partial charge in [-0.25, -0.2) is 0 Å². The number of ether oxygens (including phenoxy) is 1. The highest BCUT2D eigenvalue weighted by atomic mass is 16.5. The fraction of sp³-hybridized carbons (Fsp3) is 0.348. The van der Waals surface area contributed by atoms with Crippen LogP contribution in [0.3, 0.4) is 0 Å². The Kier molecular flexibility index (Phi) is 8.25. The number of hydrogen-bond donors (Lipinski definition) is 2. The summed E-state index contributed by atoms with van der Waals surface area (Å²) in [5, 5.41) is 17.8. The first-order chi connectivity index (χ1) is 14.2. The van der Waals surface area contributed by atoms with Crippen LogP contribution in [0.5, 0.6) is 5.75 Å². The van der Waals surface area contributed by atoms with Crippen LogP contribution in [0.1, 0.15) is 11.1 Å². The second kappa shape index (κ2) is 11.4. The second-order valence-corrected chi connectivity index (χ2v) is 7.24. The predicted octanol–water partition coefficient (Wildman–Crippen LogP) is 2.54. The molecule has 3 aromatic rings. The van der Waals surface area contributed by atoms with E-state index in [1.807, 2.05) is 66.5 Å². The minimum absolute atomic E-state index is 0.278. The number of nitrogens with zero attached hydrogens (tertiary/aromatic N) is 3. The van der Waals surface area contributed by atoms with Crippen molar-refractivity contribution in [2.24, 2.45) is 0 Å². The molecule has 1 aromatic heterocycles. The molecule has 0 saturated heterocycles. The van der Waals surface area contributed by atoms with E-state index < -0.39 is 6.10 Å². The van der Waals surface area contributed by atoms with Crippen molar-refractivity contribution in [1.82, 2.24) is 20.0 Å². The molecule has 1 atom stereocenters. The quantitative estimate of drug-likeness (QED) is 0.462. The van der Waals surface area contributed by atoms with Crippen molar-refractivity contribution in [2.75, 3.05) is 26.7 Å². The Morgan fingerprint density at radius 3 is 2.59 bits per heavy atom. The predicted molar refractivity (Wildman–Crippen MR) is 115 cm³/mol. The Bertz CT molecular complexity index is 807. The van der Waals surface area contributed by atoms with Crippen molar-refractivity contribution in [2.45, 2.75) is 25.7 Å². The molecule has 1 unspecified atom stereocenters. The summed E-state index contributed by atoms with van der Waals surface area (Å²) in [6.45, 7) is 4.16. The lowest BCUT2D eigenvalue weighted by Crippen LogP contribution is -2.32. The SMILES string of the molecule is CN(Cc1ccccc1)CC(O)COc1ccc(CNCCn2cccn2)cc1. The largest absolute Gasteiger partial charge is 0.491 e. The van der Waals surface area contributed by atoms with E-state index in [-0.39, 0.29) is 6.61 Å². The molecule has 3 rings (SSSR count). The van der Waals surface area contributed by atoms with Crippen molar-refractivity contribution in [3.8, 4) is 5.75 Å². The van der Waals surface area contributed by atoms with Crippen LogP contribution < -0.4 is 10.1 Å². The number of rotatable bonds is 12. The number of benzene rings is 2. The van der Waals surface area contributed by atoms with Gasteiger partial charge in [-0.1, -0.05) is 42.5 Å². The molecule has 0 radical (unpaired) electrons. The van der Waals surface area contributed by atoms with E-state index in [0.717, 1.165) is 31.9 Å². The third-order valence-corrected chi connectivity index (χ3v) is 4.59. The fourth-order valence-corrected chi connectivity index (χ4v) is 3.13. The maximum Gasteiger partial charge on any atom is 0.119 e. The summed E-state index contributed by atoms with van der Waals surface area (Å²) in [4.78, 5) is 2.10. The molecular weight excluding hydrogens is 364 g/mol. The van der Waals surface area contributed by atoms with Crippen LogP contribution in [0.25, 0.3) is 0 Å². The number of aliphatic hydroxyl groups is 1. The van der Waals surface area contributed by atoms with Gasteiger partial charge < -0.3 is 15.2 Å². The third-order valence-electron chi connectivity index (χ3n) is 4.59. The van der Waals surface area contributed by atoms with Gasteiger partial charge >= 0.3 is 0 Å². The number of likely N-dealkylation sites (N-methyl/N-ethyl adjacent to an activating group) is 1. The van der Waals surface area contributed by atoms with Gasteiger partial charge in [0.05, 0.1) is 6.54 Å². The molecule has 0 fully saturated rings. The minimum Gasteiger partial charge on any atom is -0.491 e. The monoisotopic (exact) mass is 394 g/mol. The van der Waals surface area contributed by atoms with Crippen LogP contribution in [-0.4, -0.2) is 52.6 Å². The van der Waals surface area contributed by atoms with Gasteiger partial charge in [0.2, 0.25) is 0 Å². The van der Waals surface area contributed by atoms with Crippen LogP contribution in [0.4, 0.5) is 0 Å². The van der Waals surface area contributed by atoms with Gasteiger partial charge in [0.1, 0.15) is 18.5 Å². The smallest absolute Gasteiger partial charge is 0.119 e. The first kappa shape index (κ1) is 21.0. The maximum absolute atomic E-state index is 10.3. The summed E-state index contributed by atoms with van der Waals surface area (Å²) >= 11 is 0. The van der Waals surface area contributed by atoms with Crippen LogP contribution >= 0.6 is 0 Å². The summed E-state index contributed by atoms with van der Waals surface area (Å²) in [7, 11) is 2.00. The number of aromatic nitrogens is 2. The molecular formula is C23H30N4O2. The Morgan fingerprint density at radius 2 is 1.86 bits per heavy atom. The molecule has 6 heteroatoms. The lowest BCUT2D eigenvalue weighted by atomic mass is 10.2. The summed E-state index contributed by atoms with van der Waals surface area (Å²) < 4.78 is 7.65.